The van der Waals surface area contributed by atoms with E-state index < -0.39 is 5.54 Å². The van der Waals surface area contributed by atoms with Crippen LogP contribution in [0.25, 0.3) is 0 Å². The minimum atomic E-state index is -0.639. The van der Waals surface area contributed by atoms with Crippen LogP contribution in [-0.4, -0.2) is 53.4 Å². The van der Waals surface area contributed by atoms with Crippen molar-refractivity contribution in [2.75, 3.05) is 19.7 Å². The summed E-state index contributed by atoms with van der Waals surface area (Å²) in [7, 11) is 0. The zero-order chi connectivity index (χ0) is 15.8. The Morgan fingerprint density at radius 2 is 1.86 bits per heavy atom. The van der Waals surface area contributed by atoms with Gasteiger partial charge in [0.2, 0.25) is 5.91 Å². The van der Waals surface area contributed by atoms with Crippen molar-refractivity contribution in [1.82, 2.24) is 4.90 Å². The minimum absolute atomic E-state index is 0.124. The van der Waals surface area contributed by atoms with Crippen molar-refractivity contribution in [3.05, 3.63) is 0 Å². The summed E-state index contributed by atoms with van der Waals surface area (Å²) < 4.78 is 5.79. The Morgan fingerprint density at radius 1 is 1.23 bits per heavy atom. The topological polar surface area (TPSA) is 75.8 Å². The van der Waals surface area contributed by atoms with E-state index in [-0.39, 0.29) is 23.5 Å². The second kappa shape index (κ2) is 6.10. The van der Waals surface area contributed by atoms with Crippen molar-refractivity contribution in [2.24, 2.45) is 11.1 Å². The molecule has 3 rings (SSSR count). The van der Waals surface area contributed by atoms with E-state index in [2.05, 4.69) is 0 Å². The average molecular weight is 310 g/mol. The molecule has 2 atom stereocenters. The molecule has 1 heterocycles. The van der Waals surface area contributed by atoms with Crippen LogP contribution in [0, 0.1) is 5.41 Å². The van der Waals surface area contributed by atoms with Crippen LogP contribution in [-0.2, 0) is 9.53 Å². The molecule has 0 aromatic heterocycles. The second-order valence-electron chi connectivity index (χ2n) is 7.44. The minimum Gasteiger partial charge on any atom is -0.392 e. The first-order valence-corrected chi connectivity index (χ1v) is 8.90. The van der Waals surface area contributed by atoms with E-state index in [1.807, 2.05) is 11.8 Å². The molecule has 22 heavy (non-hydrogen) atoms. The highest BCUT2D eigenvalue weighted by Crippen LogP contribution is 2.51. The van der Waals surface area contributed by atoms with Crippen LogP contribution < -0.4 is 5.73 Å². The first-order valence-electron chi connectivity index (χ1n) is 8.90. The van der Waals surface area contributed by atoms with Crippen LogP contribution >= 0.6 is 0 Å². The summed E-state index contributed by atoms with van der Waals surface area (Å²) in [6, 6.07) is 0. The Kier molecular flexibility index (Phi) is 4.49. The molecule has 3 aliphatic rings. The van der Waals surface area contributed by atoms with Gasteiger partial charge in [0.25, 0.3) is 0 Å². The fraction of sp³-hybridized carbons (Fsp3) is 0.941. The molecule has 0 aromatic rings. The first-order chi connectivity index (χ1) is 10.5. The van der Waals surface area contributed by atoms with E-state index in [9.17, 15) is 9.90 Å². The lowest BCUT2D eigenvalue weighted by molar-refractivity contribution is -0.210. The lowest BCUT2D eigenvalue weighted by Gasteiger charge is -2.57. The molecule has 0 radical (unpaired) electrons. The number of likely N-dealkylation sites (tertiary alicyclic amines) is 1. The summed E-state index contributed by atoms with van der Waals surface area (Å²) in [4.78, 5) is 14.7. The van der Waals surface area contributed by atoms with Crippen LogP contribution in [0.5, 0.6) is 0 Å². The highest BCUT2D eigenvalue weighted by Gasteiger charge is 2.56. The van der Waals surface area contributed by atoms with Crippen LogP contribution in [0.4, 0.5) is 0 Å². The molecular formula is C17H30N2O3. The molecule has 5 nitrogen and oxygen atoms in total. The van der Waals surface area contributed by atoms with E-state index in [0.717, 1.165) is 44.9 Å². The maximum Gasteiger partial charge on any atom is 0.242 e. The number of aliphatic hydroxyl groups is 1. The van der Waals surface area contributed by atoms with E-state index in [4.69, 9.17) is 10.5 Å². The Labute approximate surface area is 133 Å². The van der Waals surface area contributed by atoms with Crippen LogP contribution in [0.1, 0.15) is 58.3 Å². The quantitative estimate of drug-likeness (QED) is 0.827. The predicted octanol–water partition coefficient (Wildman–Crippen LogP) is 1.43. The van der Waals surface area contributed by atoms with Gasteiger partial charge < -0.3 is 20.5 Å². The summed E-state index contributed by atoms with van der Waals surface area (Å²) in [5.41, 5.74) is 5.62. The number of carbonyl (C=O) groups is 1. The molecule has 2 saturated carbocycles. The van der Waals surface area contributed by atoms with Gasteiger partial charge >= 0.3 is 0 Å². The molecule has 1 saturated heterocycles. The summed E-state index contributed by atoms with van der Waals surface area (Å²) in [5, 5.41) is 10.2. The fourth-order valence-corrected chi connectivity index (χ4v) is 4.65. The molecule has 1 aliphatic heterocycles. The van der Waals surface area contributed by atoms with Gasteiger partial charge in [0, 0.05) is 31.5 Å². The molecule has 1 spiro atoms. The monoisotopic (exact) mass is 310 g/mol. The Balaban J connectivity index is 1.60. The van der Waals surface area contributed by atoms with E-state index in [1.54, 1.807) is 0 Å². The van der Waals surface area contributed by atoms with Gasteiger partial charge in [-0.05, 0) is 32.6 Å². The Morgan fingerprint density at radius 3 is 2.41 bits per heavy atom. The van der Waals surface area contributed by atoms with Crippen molar-refractivity contribution < 1.29 is 14.6 Å². The smallest absolute Gasteiger partial charge is 0.242 e. The molecule has 1 amide bonds. The molecule has 3 fully saturated rings. The number of ether oxygens (including phenoxy) is 1. The average Bonchev–Trinajstić information content (AvgIpc) is 2.55. The van der Waals surface area contributed by atoms with Gasteiger partial charge in [0.1, 0.15) is 0 Å². The number of amides is 1. The standard InChI is InChI=1S/C17H30N2O3/c1-2-22-14-12-13(20)16(14)8-10-19(11-9-16)15(21)17(18)6-4-3-5-7-17/h13-14,20H,2-12,18H2,1H3/t13-,14-/m0/s1. The molecule has 5 heteroatoms. The zero-order valence-electron chi connectivity index (χ0n) is 13.7. The van der Waals surface area contributed by atoms with Crippen molar-refractivity contribution >= 4 is 5.91 Å². The number of rotatable bonds is 3. The number of piperidine rings is 1. The highest BCUT2D eigenvalue weighted by atomic mass is 16.5. The summed E-state index contributed by atoms with van der Waals surface area (Å²) >= 11 is 0. The molecular weight excluding hydrogens is 280 g/mol. The third-order valence-corrected chi connectivity index (χ3v) is 6.26. The van der Waals surface area contributed by atoms with E-state index in [1.165, 1.54) is 6.42 Å². The third-order valence-electron chi connectivity index (χ3n) is 6.26. The van der Waals surface area contributed by atoms with Gasteiger partial charge in [-0.1, -0.05) is 19.3 Å². The molecule has 126 valence electrons. The van der Waals surface area contributed by atoms with Gasteiger partial charge in [-0.15, -0.1) is 0 Å². The van der Waals surface area contributed by atoms with Gasteiger partial charge in [-0.2, -0.15) is 0 Å². The lowest BCUT2D eigenvalue weighted by Crippen LogP contribution is -2.65. The van der Waals surface area contributed by atoms with Crippen molar-refractivity contribution in [3.63, 3.8) is 0 Å². The Bertz CT molecular complexity index is 410. The zero-order valence-corrected chi connectivity index (χ0v) is 13.7. The van der Waals surface area contributed by atoms with Crippen LogP contribution in [0.15, 0.2) is 0 Å². The number of nitrogens with two attached hydrogens (primary N) is 1. The number of aliphatic hydroxyl groups excluding tert-OH is 1. The van der Waals surface area contributed by atoms with Crippen molar-refractivity contribution in [2.45, 2.75) is 76.0 Å². The fourth-order valence-electron chi connectivity index (χ4n) is 4.65. The summed E-state index contributed by atoms with van der Waals surface area (Å²) in [6.45, 7) is 4.10. The highest BCUT2D eigenvalue weighted by molar-refractivity contribution is 5.86. The maximum atomic E-state index is 12.8. The van der Waals surface area contributed by atoms with Crippen LogP contribution in [0.3, 0.4) is 0 Å². The summed E-state index contributed by atoms with van der Waals surface area (Å²) in [5.74, 6) is 0.129. The van der Waals surface area contributed by atoms with Crippen molar-refractivity contribution in [1.29, 1.82) is 0 Å². The largest absolute Gasteiger partial charge is 0.392 e. The lowest BCUT2D eigenvalue weighted by atomic mass is 9.58. The third kappa shape index (κ3) is 2.57. The molecule has 0 bridgehead atoms. The van der Waals surface area contributed by atoms with E-state index >= 15 is 0 Å². The number of nitrogens with zero attached hydrogens (tertiary/aromatic N) is 1. The summed E-state index contributed by atoms with van der Waals surface area (Å²) in [6.07, 6.45) is 7.24. The SMILES string of the molecule is CCO[C@H]1C[C@H](O)C12CCN(C(=O)C1(N)CCCCC1)CC2. The second-order valence-corrected chi connectivity index (χ2v) is 7.44. The normalized spacial score (nSPS) is 33.5. The van der Waals surface area contributed by atoms with Gasteiger partial charge in [0.05, 0.1) is 17.7 Å². The molecule has 0 aromatic carbocycles. The number of carbonyl (C=O) groups excluding carboxylic acids is 1. The molecule has 3 N–H and O–H groups in total. The number of hydrogen-bond acceptors (Lipinski definition) is 4. The molecule has 2 aliphatic carbocycles. The van der Waals surface area contributed by atoms with Crippen LogP contribution in [0.2, 0.25) is 0 Å². The van der Waals surface area contributed by atoms with Gasteiger partial charge in [-0.25, -0.2) is 0 Å². The predicted molar refractivity (Wildman–Crippen MR) is 84.3 cm³/mol. The van der Waals surface area contributed by atoms with Crippen molar-refractivity contribution in [3.8, 4) is 0 Å². The van der Waals surface area contributed by atoms with E-state index in [0.29, 0.717) is 19.7 Å². The van der Waals surface area contributed by atoms with Gasteiger partial charge in [-0.3, -0.25) is 4.79 Å². The molecule has 0 unspecified atom stereocenters. The maximum absolute atomic E-state index is 12.8. The van der Waals surface area contributed by atoms with Gasteiger partial charge in [0.15, 0.2) is 0 Å². The Hall–Kier alpha value is -0.650. The number of hydrogen-bond donors (Lipinski definition) is 2. The first kappa shape index (κ1) is 16.2.